The molecule has 1 rings (SSSR count). The van der Waals surface area contributed by atoms with Crippen LogP contribution in [-0.4, -0.2) is 10.7 Å². The zero-order chi connectivity index (χ0) is 9.14. The zero-order valence-corrected chi connectivity index (χ0v) is 7.81. The van der Waals surface area contributed by atoms with Gasteiger partial charge in [-0.1, -0.05) is 6.58 Å². The lowest BCUT2D eigenvalue weighted by Crippen LogP contribution is -1.89. The van der Waals surface area contributed by atoms with Crippen molar-refractivity contribution >= 4 is 11.4 Å². The molecule has 0 bridgehead atoms. The Kier molecular flexibility index (Phi) is 2.48. The normalized spacial score (nSPS) is 11.8. The minimum Gasteiger partial charge on any atom is -0.363 e. The number of aromatic nitrogens is 1. The molecule has 0 fully saturated rings. The van der Waals surface area contributed by atoms with E-state index in [1.54, 1.807) is 0 Å². The van der Waals surface area contributed by atoms with Crippen molar-refractivity contribution in [2.75, 3.05) is 0 Å². The van der Waals surface area contributed by atoms with Crippen LogP contribution in [-0.2, 0) is 0 Å². The average molecular weight is 162 g/mol. The predicted octanol–water partition coefficient (Wildman–Crippen LogP) is 2.99. The lowest BCUT2D eigenvalue weighted by Gasteiger charge is -1.97. The van der Waals surface area contributed by atoms with Crippen molar-refractivity contribution in [1.29, 1.82) is 0 Å². The number of hydrogen-bond donors (Lipinski definition) is 1. The summed E-state index contributed by atoms with van der Waals surface area (Å²) in [6, 6.07) is 1.96. The number of nitrogens with one attached hydrogen (secondary N) is 1. The third kappa shape index (κ3) is 1.84. The highest BCUT2D eigenvalue weighted by Crippen LogP contribution is 2.16. The maximum absolute atomic E-state index is 4.40. The number of aryl methyl sites for hydroxylation is 1. The molecule has 0 atom stereocenters. The number of nitrogens with zero attached hydrogens (tertiary/aromatic N) is 1. The summed E-state index contributed by atoms with van der Waals surface area (Å²) in [6.45, 7) is 9.75. The fourth-order valence-corrected chi connectivity index (χ4v) is 0.842. The Hall–Kier alpha value is -1.31. The fourth-order valence-electron chi connectivity index (χ4n) is 0.842. The number of allylic oxidation sites excluding steroid dienone is 1. The van der Waals surface area contributed by atoms with E-state index >= 15 is 0 Å². The minimum atomic E-state index is 0.984. The Balaban J connectivity index is 2.95. The van der Waals surface area contributed by atoms with Gasteiger partial charge in [0.2, 0.25) is 0 Å². The summed E-state index contributed by atoms with van der Waals surface area (Å²) in [5.74, 6) is 0. The van der Waals surface area contributed by atoms with Crippen molar-refractivity contribution < 1.29 is 0 Å². The van der Waals surface area contributed by atoms with Gasteiger partial charge in [-0.15, -0.1) is 0 Å². The van der Waals surface area contributed by atoms with Crippen LogP contribution in [0, 0.1) is 6.92 Å². The first-order chi connectivity index (χ1) is 5.61. The van der Waals surface area contributed by atoms with Crippen molar-refractivity contribution in [2.45, 2.75) is 20.8 Å². The second-order valence-electron chi connectivity index (χ2n) is 2.97. The highest BCUT2D eigenvalue weighted by molar-refractivity contribution is 5.98. The summed E-state index contributed by atoms with van der Waals surface area (Å²) >= 11 is 0. The molecule has 1 aromatic heterocycles. The lowest BCUT2D eigenvalue weighted by molar-refractivity contribution is 1.25. The quantitative estimate of drug-likeness (QED) is 0.647. The molecule has 2 heteroatoms. The monoisotopic (exact) mass is 162 g/mol. The number of rotatable bonds is 2. The van der Waals surface area contributed by atoms with Crippen LogP contribution < -0.4 is 0 Å². The summed E-state index contributed by atoms with van der Waals surface area (Å²) in [5.41, 5.74) is 4.08. The molecule has 12 heavy (non-hydrogen) atoms. The van der Waals surface area contributed by atoms with E-state index < -0.39 is 0 Å². The van der Waals surface area contributed by atoms with Gasteiger partial charge in [0.25, 0.3) is 0 Å². The maximum Gasteiger partial charge on any atom is 0.0836 e. The third-order valence-electron chi connectivity index (χ3n) is 1.83. The molecule has 1 heterocycles. The van der Waals surface area contributed by atoms with Gasteiger partial charge >= 0.3 is 0 Å². The fraction of sp³-hybridized carbons (Fsp3) is 0.300. The van der Waals surface area contributed by atoms with E-state index in [0.717, 1.165) is 22.7 Å². The van der Waals surface area contributed by atoms with Crippen LogP contribution in [0.15, 0.2) is 29.4 Å². The van der Waals surface area contributed by atoms with E-state index in [0.29, 0.717) is 0 Å². The van der Waals surface area contributed by atoms with Gasteiger partial charge in [0, 0.05) is 17.6 Å². The molecule has 1 N–H and O–H groups in total. The molecule has 0 amide bonds. The van der Waals surface area contributed by atoms with E-state index in [4.69, 9.17) is 0 Å². The molecule has 64 valence electrons. The molecular weight excluding hydrogens is 148 g/mol. The Labute approximate surface area is 73.0 Å². The second-order valence-corrected chi connectivity index (χ2v) is 2.97. The number of aliphatic imine (C=N–C) groups is 1. The first-order valence-corrected chi connectivity index (χ1v) is 3.96. The van der Waals surface area contributed by atoms with Crippen LogP contribution in [0.5, 0.6) is 0 Å². The van der Waals surface area contributed by atoms with Gasteiger partial charge in [-0.25, -0.2) is 0 Å². The molecule has 0 spiro atoms. The lowest BCUT2D eigenvalue weighted by atomic mass is 10.2. The Morgan fingerprint density at radius 1 is 1.50 bits per heavy atom. The molecule has 0 aromatic carbocycles. The van der Waals surface area contributed by atoms with Crippen molar-refractivity contribution in [2.24, 2.45) is 4.99 Å². The van der Waals surface area contributed by atoms with Crippen molar-refractivity contribution in [1.82, 2.24) is 4.98 Å². The molecule has 0 aliphatic carbocycles. The zero-order valence-electron chi connectivity index (χ0n) is 7.81. The van der Waals surface area contributed by atoms with Crippen LogP contribution in [0.25, 0.3) is 0 Å². The van der Waals surface area contributed by atoms with Crippen molar-refractivity contribution in [3.8, 4) is 0 Å². The molecule has 1 aromatic rings. The third-order valence-corrected chi connectivity index (χ3v) is 1.83. The summed E-state index contributed by atoms with van der Waals surface area (Å²) in [6.07, 6.45) is 1.89. The predicted molar refractivity (Wildman–Crippen MR) is 53.1 cm³/mol. The van der Waals surface area contributed by atoms with Crippen LogP contribution in [0.4, 0.5) is 5.69 Å². The van der Waals surface area contributed by atoms with E-state index in [-0.39, 0.29) is 0 Å². The molecular formula is C10H14N2. The average Bonchev–Trinajstić information content (AvgIpc) is 2.36. The smallest absolute Gasteiger partial charge is 0.0836 e. The summed E-state index contributed by atoms with van der Waals surface area (Å²) in [5, 5.41) is 0. The van der Waals surface area contributed by atoms with Gasteiger partial charge in [0.15, 0.2) is 0 Å². The molecule has 0 unspecified atom stereocenters. The van der Waals surface area contributed by atoms with Crippen LogP contribution in [0.2, 0.25) is 0 Å². The highest BCUT2D eigenvalue weighted by atomic mass is 14.8. The summed E-state index contributed by atoms with van der Waals surface area (Å²) in [4.78, 5) is 7.48. The Morgan fingerprint density at radius 2 is 2.17 bits per heavy atom. The largest absolute Gasteiger partial charge is 0.363 e. The molecule has 0 saturated carbocycles. The first-order valence-electron chi connectivity index (χ1n) is 3.96. The number of H-pyrrole nitrogens is 1. The summed E-state index contributed by atoms with van der Waals surface area (Å²) in [7, 11) is 0. The van der Waals surface area contributed by atoms with Gasteiger partial charge < -0.3 is 4.98 Å². The Bertz CT molecular complexity index is 318. The number of aromatic amines is 1. The minimum absolute atomic E-state index is 0.984. The highest BCUT2D eigenvalue weighted by Gasteiger charge is 1.97. The van der Waals surface area contributed by atoms with Gasteiger partial charge in [-0.05, 0) is 32.4 Å². The Morgan fingerprint density at radius 3 is 2.58 bits per heavy atom. The SMILES string of the molecule is C=C(C)C(C)=Nc1cc[nH]c1C. The van der Waals surface area contributed by atoms with Crippen molar-refractivity contribution in [3.05, 3.63) is 30.1 Å². The van der Waals surface area contributed by atoms with Crippen LogP contribution in [0.3, 0.4) is 0 Å². The van der Waals surface area contributed by atoms with Gasteiger partial charge in [-0.3, -0.25) is 4.99 Å². The van der Waals surface area contributed by atoms with Crippen LogP contribution in [0.1, 0.15) is 19.5 Å². The first kappa shape index (κ1) is 8.78. The molecule has 0 radical (unpaired) electrons. The molecule has 0 saturated heterocycles. The topological polar surface area (TPSA) is 28.1 Å². The molecule has 2 nitrogen and oxygen atoms in total. The van der Waals surface area contributed by atoms with E-state index in [2.05, 4.69) is 16.6 Å². The van der Waals surface area contributed by atoms with Crippen molar-refractivity contribution in [3.63, 3.8) is 0 Å². The maximum atomic E-state index is 4.40. The standard InChI is InChI=1S/C10H14N2/c1-7(2)8(3)12-10-5-6-11-9(10)4/h5-6,11H,1H2,2-4H3. The number of hydrogen-bond acceptors (Lipinski definition) is 1. The van der Waals surface area contributed by atoms with Gasteiger partial charge in [0.1, 0.15) is 0 Å². The van der Waals surface area contributed by atoms with Gasteiger partial charge in [-0.2, -0.15) is 0 Å². The van der Waals surface area contributed by atoms with E-state index in [9.17, 15) is 0 Å². The molecule has 0 aliphatic heterocycles. The van der Waals surface area contributed by atoms with Crippen LogP contribution >= 0.6 is 0 Å². The summed E-state index contributed by atoms with van der Waals surface area (Å²) < 4.78 is 0. The van der Waals surface area contributed by atoms with E-state index in [1.807, 2.05) is 33.0 Å². The molecule has 0 aliphatic rings. The second kappa shape index (κ2) is 3.39. The van der Waals surface area contributed by atoms with E-state index in [1.165, 1.54) is 0 Å². The van der Waals surface area contributed by atoms with Gasteiger partial charge in [0.05, 0.1) is 5.69 Å².